The zero-order valence-electron chi connectivity index (χ0n) is 16.4. The number of piperidine rings is 1. The Morgan fingerprint density at radius 3 is 2.23 bits per heavy atom. The molecule has 2 aromatic rings. The fourth-order valence-electron chi connectivity index (χ4n) is 3.71. The first-order valence-electron chi connectivity index (χ1n) is 9.63. The maximum atomic E-state index is 13.2. The summed E-state index contributed by atoms with van der Waals surface area (Å²) in [6, 6.07) is 15.1. The Morgan fingerprint density at radius 1 is 1.10 bits per heavy atom. The molecule has 2 atom stereocenters. The smallest absolute Gasteiger partial charge is 0.306 e. The summed E-state index contributed by atoms with van der Waals surface area (Å²) in [5.74, 6) is -2.75. The van der Waals surface area contributed by atoms with Crippen LogP contribution in [-0.2, 0) is 20.9 Å². The number of carbonyl (C=O) groups excluding carboxylic acids is 1. The minimum atomic E-state index is -0.803. The van der Waals surface area contributed by atoms with Crippen LogP contribution in [0.2, 0.25) is 0 Å². The maximum absolute atomic E-state index is 13.2. The van der Waals surface area contributed by atoms with Crippen molar-refractivity contribution < 1.29 is 23.8 Å². The minimum Gasteiger partial charge on any atom is -0.481 e. The molecule has 0 saturated carbocycles. The number of benzene rings is 2. The highest BCUT2D eigenvalue weighted by Gasteiger charge is 2.36. The van der Waals surface area contributed by atoms with Crippen molar-refractivity contribution in [3.63, 3.8) is 0 Å². The Kier molecular flexibility index (Phi) is 8.77. The van der Waals surface area contributed by atoms with E-state index < -0.39 is 29.9 Å². The molecule has 1 aliphatic heterocycles. The maximum Gasteiger partial charge on any atom is 0.306 e. The first-order chi connectivity index (χ1) is 14.0. The molecule has 1 amide bonds. The molecule has 3 N–H and O–H groups in total. The van der Waals surface area contributed by atoms with Crippen LogP contribution in [0, 0.1) is 11.7 Å². The van der Waals surface area contributed by atoms with Crippen LogP contribution in [0.15, 0.2) is 54.6 Å². The van der Waals surface area contributed by atoms with E-state index in [1.54, 1.807) is 12.1 Å². The number of halogens is 2. The molecule has 6 nitrogen and oxygen atoms in total. The second-order valence-corrected chi connectivity index (χ2v) is 7.27. The molecule has 2 unspecified atom stereocenters. The molecule has 0 aliphatic carbocycles. The first-order valence-corrected chi connectivity index (χ1v) is 9.63. The van der Waals surface area contributed by atoms with Crippen molar-refractivity contribution in [1.29, 1.82) is 0 Å². The summed E-state index contributed by atoms with van der Waals surface area (Å²) in [7, 11) is 0. The number of primary amides is 1. The molecule has 2 aromatic carbocycles. The van der Waals surface area contributed by atoms with Gasteiger partial charge in [-0.05, 0) is 36.1 Å². The number of hydrogen-bond acceptors (Lipinski definition) is 4. The van der Waals surface area contributed by atoms with Crippen molar-refractivity contribution in [3.05, 3.63) is 71.5 Å². The van der Waals surface area contributed by atoms with E-state index >= 15 is 0 Å². The second kappa shape index (κ2) is 11.1. The number of likely N-dealkylation sites (tertiary alicyclic amines) is 1. The second-order valence-electron chi connectivity index (χ2n) is 7.27. The predicted octanol–water partition coefficient (Wildman–Crippen LogP) is 3.16. The summed E-state index contributed by atoms with van der Waals surface area (Å²) in [5, 5.41) is 9.26. The van der Waals surface area contributed by atoms with Crippen LogP contribution in [0.3, 0.4) is 0 Å². The van der Waals surface area contributed by atoms with Crippen LogP contribution in [0.25, 0.3) is 0 Å². The molecule has 0 bridgehead atoms. The van der Waals surface area contributed by atoms with Crippen molar-refractivity contribution in [2.45, 2.75) is 31.6 Å². The molecule has 0 spiro atoms. The van der Waals surface area contributed by atoms with Gasteiger partial charge >= 0.3 is 5.97 Å². The van der Waals surface area contributed by atoms with E-state index in [0.29, 0.717) is 25.9 Å². The number of rotatable bonds is 8. The van der Waals surface area contributed by atoms with Crippen molar-refractivity contribution in [2.75, 3.05) is 13.1 Å². The van der Waals surface area contributed by atoms with Crippen LogP contribution >= 0.6 is 12.4 Å². The van der Waals surface area contributed by atoms with E-state index in [0.717, 1.165) is 11.1 Å². The largest absolute Gasteiger partial charge is 0.481 e. The van der Waals surface area contributed by atoms with Crippen molar-refractivity contribution in [2.24, 2.45) is 11.7 Å². The molecular formula is C22H26ClFN2O4. The van der Waals surface area contributed by atoms with Crippen LogP contribution in [0.5, 0.6) is 0 Å². The van der Waals surface area contributed by atoms with Crippen molar-refractivity contribution in [3.8, 4) is 0 Å². The molecular weight excluding hydrogens is 411 g/mol. The lowest BCUT2D eigenvalue weighted by atomic mass is 9.92. The molecule has 8 heteroatoms. The molecule has 0 radical (unpaired) electrons. The number of hydrogen-bond donors (Lipinski definition) is 2. The Bertz CT molecular complexity index is 827. The van der Waals surface area contributed by atoms with Crippen molar-refractivity contribution in [1.82, 2.24) is 4.90 Å². The van der Waals surface area contributed by atoms with E-state index in [1.165, 1.54) is 12.1 Å². The summed E-state index contributed by atoms with van der Waals surface area (Å²) in [4.78, 5) is 25.6. The zero-order chi connectivity index (χ0) is 20.8. The van der Waals surface area contributed by atoms with E-state index in [4.69, 9.17) is 10.5 Å². The molecule has 162 valence electrons. The Hall–Kier alpha value is -2.48. The monoisotopic (exact) mass is 436 g/mol. The third-order valence-electron chi connectivity index (χ3n) is 5.32. The molecule has 1 heterocycles. The Morgan fingerprint density at radius 2 is 1.70 bits per heavy atom. The van der Waals surface area contributed by atoms with Crippen LogP contribution in [0.1, 0.15) is 29.9 Å². The third kappa shape index (κ3) is 6.01. The van der Waals surface area contributed by atoms with Crippen LogP contribution < -0.4 is 5.73 Å². The molecule has 0 aromatic heterocycles. The highest BCUT2D eigenvalue weighted by atomic mass is 35.5. The summed E-state index contributed by atoms with van der Waals surface area (Å²) >= 11 is 0. The summed E-state index contributed by atoms with van der Waals surface area (Å²) in [6.07, 6.45) is 0.313. The van der Waals surface area contributed by atoms with Gasteiger partial charge in [-0.25, -0.2) is 4.39 Å². The number of carboxylic acid groups (broad SMARTS) is 1. The van der Waals surface area contributed by atoms with E-state index in [2.05, 4.69) is 0 Å². The minimum absolute atomic E-state index is 0. The summed E-state index contributed by atoms with van der Waals surface area (Å²) in [6.45, 7) is 1.16. The van der Waals surface area contributed by atoms with Gasteiger partial charge < -0.3 is 15.6 Å². The van der Waals surface area contributed by atoms with Gasteiger partial charge in [-0.3, -0.25) is 14.5 Å². The SMILES string of the molecule is Cl.NC(=O)C(c1ccccc1)C(OCc1ccc(F)cc1)N1CCC(C(=O)O)CC1. The van der Waals surface area contributed by atoms with Crippen molar-refractivity contribution >= 4 is 24.3 Å². The standard InChI is InChI=1S/C22H25FN2O4.ClH/c23-18-8-6-15(7-9-18)14-29-21(25-12-10-17(11-13-25)22(27)28)19(20(24)26)16-4-2-1-3-5-16;/h1-9,17,19,21H,10-14H2,(H2,24,26)(H,27,28);1H. The molecule has 1 fully saturated rings. The van der Waals surface area contributed by atoms with Gasteiger partial charge in [-0.1, -0.05) is 42.5 Å². The fraction of sp³-hybridized carbons (Fsp3) is 0.364. The number of ether oxygens (including phenoxy) is 1. The van der Waals surface area contributed by atoms with Gasteiger partial charge in [-0.2, -0.15) is 0 Å². The van der Waals surface area contributed by atoms with Crippen LogP contribution in [0.4, 0.5) is 4.39 Å². The average molecular weight is 437 g/mol. The highest BCUT2D eigenvalue weighted by molar-refractivity contribution is 5.85. The normalized spacial score (nSPS) is 17.0. The van der Waals surface area contributed by atoms with Gasteiger partial charge in [0.05, 0.1) is 12.5 Å². The number of carbonyl (C=O) groups is 2. The van der Waals surface area contributed by atoms with Gasteiger partial charge in [0.25, 0.3) is 0 Å². The molecule has 3 rings (SSSR count). The fourth-order valence-corrected chi connectivity index (χ4v) is 3.71. The van der Waals surface area contributed by atoms with Gasteiger partial charge in [0.15, 0.2) is 0 Å². The lowest BCUT2D eigenvalue weighted by Crippen LogP contribution is -2.49. The topological polar surface area (TPSA) is 92.9 Å². The quantitative estimate of drug-likeness (QED) is 0.663. The summed E-state index contributed by atoms with van der Waals surface area (Å²) < 4.78 is 19.3. The molecule has 1 aliphatic rings. The first kappa shape index (κ1) is 23.8. The lowest BCUT2D eigenvalue weighted by molar-refractivity contribution is -0.148. The lowest BCUT2D eigenvalue weighted by Gasteiger charge is -2.39. The number of amides is 1. The van der Waals surface area contributed by atoms with Crippen LogP contribution in [-0.4, -0.2) is 41.2 Å². The molecule has 1 saturated heterocycles. The van der Waals surface area contributed by atoms with E-state index in [1.807, 2.05) is 35.2 Å². The zero-order valence-corrected chi connectivity index (χ0v) is 17.3. The number of nitrogens with two attached hydrogens (primary N) is 1. The number of carboxylic acids is 1. The number of aliphatic carboxylic acids is 1. The Labute approximate surface area is 181 Å². The summed E-state index contributed by atoms with van der Waals surface area (Å²) in [5.41, 5.74) is 7.26. The average Bonchev–Trinajstić information content (AvgIpc) is 2.72. The Balaban J connectivity index is 0.00000320. The highest BCUT2D eigenvalue weighted by Crippen LogP contribution is 2.29. The van der Waals surface area contributed by atoms with E-state index in [9.17, 15) is 19.1 Å². The molecule has 30 heavy (non-hydrogen) atoms. The predicted molar refractivity (Wildman–Crippen MR) is 113 cm³/mol. The van der Waals surface area contributed by atoms with Gasteiger partial charge in [-0.15, -0.1) is 12.4 Å². The number of nitrogens with zero attached hydrogens (tertiary/aromatic N) is 1. The van der Waals surface area contributed by atoms with Gasteiger partial charge in [0.2, 0.25) is 5.91 Å². The van der Waals surface area contributed by atoms with Gasteiger partial charge in [0.1, 0.15) is 18.0 Å². The van der Waals surface area contributed by atoms with Gasteiger partial charge in [0, 0.05) is 13.1 Å². The van der Waals surface area contributed by atoms with E-state index in [-0.39, 0.29) is 24.8 Å². The third-order valence-corrected chi connectivity index (χ3v) is 5.32.